The number of hydrogen-bond donors (Lipinski definition) is 3. The fourth-order valence-electron chi connectivity index (χ4n) is 4.38. The zero-order chi connectivity index (χ0) is 29.5. The van der Waals surface area contributed by atoms with E-state index < -0.39 is 35.6 Å². The van der Waals surface area contributed by atoms with E-state index in [1.54, 1.807) is 27.7 Å². The maximum Gasteiger partial charge on any atom is 0.408 e. The van der Waals surface area contributed by atoms with E-state index >= 15 is 0 Å². The van der Waals surface area contributed by atoms with E-state index in [-0.39, 0.29) is 25.3 Å². The van der Waals surface area contributed by atoms with Crippen LogP contribution >= 0.6 is 0 Å². The van der Waals surface area contributed by atoms with E-state index in [0.717, 1.165) is 22.3 Å². The highest BCUT2D eigenvalue weighted by Crippen LogP contribution is 2.30. The Morgan fingerprint density at radius 3 is 2.05 bits per heavy atom. The van der Waals surface area contributed by atoms with Gasteiger partial charge in [0, 0.05) is 18.7 Å². The zero-order valence-corrected chi connectivity index (χ0v) is 24.3. The third kappa shape index (κ3) is 8.56. The van der Waals surface area contributed by atoms with Crippen molar-refractivity contribution in [3.05, 3.63) is 64.2 Å². The molecule has 2 aromatic carbocycles. The molecule has 0 spiro atoms. The summed E-state index contributed by atoms with van der Waals surface area (Å²) in [5, 5.41) is 5.63. The second-order valence-corrected chi connectivity index (χ2v) is 10.8. The Kier molecular flexibility index (Phi) is 10.7. The van der Waals surface area contributed by atoms with Crippen LogP contribution in [0.25, 0.3) is 0 Å². The van der Waals surface area contributed by atoms with Crippen molar-refractivity contribution in [2.45, 2.75) is 85.9 Å². The highest BCUT2D eigenvalue weighted by atomic mass is 16.6. The van der Waals surface area contributed by atoms with Crippen LogP contribution in [0.5, 0.6) is 0 Å². The molecule has 0 heterocycles. The first-order valence-corrected chi connectivity index (χ1v) is 13.2. The summed E-state index contributed by atoms with van der Waals surface area (Å²) in [7, 11) is 0. The van der Waals surface area contributed by atoms with Crippen molar-refractivity contribution in [1.29, 1.82) is 0 Å². The molecule has 0 aliphatic rings. The van der Waals surface area contributed by atoms with Gasteiger partial charge in [-0.25, -0.2) is 4.79 Å². The Labute approximate surface area is 231 Å². The average Bonchev–Trinajstić information content (AvgIpc) is 2.83. The van der Waals surface area contributed by atoms with Gasteiger partial charge in [-0.1, -0.05) is 36.4 Å². The lowest BCUT2D eigenvalue weighted by molar-refractivity contribution is -0.140. The van der Waals surface area contributed by atoms with Gasteiger partial charge in [-0.15, -0.1) is 0 Å². The number of likely N-dealkylation sites (N-methyl/N-ethyl adjacent to an activating group) is 1. The van der Waals surface area contributed by atoms with Crippen molar-refractivity contribution >= 4 is 29.5 Å². The minimum absolute atomic E-state index is 0.0397. The van der Waals surface area contributed by atoms with Crippen LogP contribution in [0.4, 0.5) is 10.5 Å². The van der Waals surface area contributed by atoms with Crippen molar-refractivity contribution in [1.82, 2.24) is 10.2 Å². The maximum atomic E-state index is 14.0. The molecule has 0 fully saturated rings. The van der Waals surface area contributed by atoms with E-state index in [4.69, 9.17) is 10.5 Å². The van der Waals surface area contributed by atoms with Crippen molar-refractivity contribution in [3.63, 3.8) is 0 Å². The molecule has 0 aromatic heterocycles. The molecule has 2 aromatic rings. The molecule has 9 heteroatoms. The number of alkyl carbamates (subject to hydrolysis) is 1. The molecule has 0 radical (unpaired) electrons. The number of amides is 4. The molecular weight excluding hydrogens is 496 g/mol. The normalized spacial score (nSPS) is 12.7. The molecule has 0 aliphatic heterocycles. The topological polar surface area (TPSA) is 131 Å². The average molecular weight is 539 g/mol. The number of aryl methyl sites for hydroxylation is 3. The molecule has 0 saturated carbocycles. The molecule has 212 valence electrons. The smallest absolute Gasteiger partial charge is 0.408 e. The quantitative estimate of drug-likeness (QED) is 0.407. The van der Waals surface area contributed by atoms with Crippen LogP contribution in [0.3, 0.4) is 0 Å². The molecule has 2 rings (SSSR count). The van der Waals surface area contributed by atoms with Crippen LogP contribution in [0.2, 0.25) is 0 Å². The van der Waals surface area contributed by atoms with E-state index in [9.17, 15) is 19.2 Å². The number of hydrogen-bond acceptors (Lipinski definition) is 5. The van der Waals surface area contributed by atoms with Gasteiger partial charge < -0.3 is 26.0 Å². The third-order valence-electron chi connectivity index (χ3n) is 6.52. The minimum atomic E-state index is -1.13. The van der Waals surface area contributed by atoms with Gasteiger partial charge in [0.15, 0.2) is 0 Å². The Hall–Kier alpha value is -3.88. The van der Waals surface area contributed by atoms with Crippen molar-refractivity contribution < 1.29 is 23.9 Å². The summed E-state index contributed by atoms with van der Waals surface area (Å²) in [5.41, 5.74) is 9.54. The predicted molar refractivity (Wildman–Crippen MR) is 152 cm³/mol. The molecule has 0 saturated heterocycles. The maximum absolute atomic E-state index is 14.0. The van der Waals surface area contributed by atoms with Gasteiger partial charge in [-0.3, -0.25) is 14.4 Å². The minimum Gasteiger partial charge on any atom is -0.444 e. The van der Waals surface area contributed by atoms with E-state index in [2.05, 4.69) is 10.6 Å². The SMILES string of the molecule is CCN(C(=O)C(CCC(N)=O)NC(=O)OC(C)(C)C)C(C(=O)Nc1c(C)cccc1C)c1cccc(C)c1C. The molecule has 4 N–H and O–H groups in total. The van der Waals surface area contributed by atoms with Crippen LogP contribution in [-0.4, -0.2) is 46.9 Å². The second kappa shape index (κ2) is 13.3. The Bertz CT molecular complexity index is 1200. The number of para-hydroxylation sites is 1. The van der Waals surface area contributed by atoms with Gasteiger partial charge >= 0.3 is 6.09 Å². The number of ether oxygens (including phenoxy) is 1. The highest BCUT2D eigenvalue weighted by molar-refractivity contribution is 6.00. The fourth-order valence-corrected chi connectivity index (χ4v) is 4.38. The summed E-state index contributed by atoms with van der Waals surface area (Å²) in [6, 6.07) is 9.20. The van der Waals surface area contributed by atoms with Crippen LogP contribution in [0, 0.1) is 27.7 Å². The molecule has 0 aliphatic carbocycles. The second-order valence-electron chi connectivity index (χ2n) is 10.8. The fraction of sp³-hybridized carbons (Fsp3) is 0.467. The number of nitrogens with one attached hydrogen (secondary N) is 2. The third-order valence-corrected chi connectivity index (χ3v) is 6.52. The van der Waals surface area contributed by atoms with E-state index in [1.165, 1.54) is 4.90 Å². The lowest BCUT2D eigenvalue weighted by Gasteiger charge is -2.34. The number of anilines is 1. The number of primary amides is 1. The van der Waals surface area contributed by atoms with Crippen LogP contribution in [0.15, 0.2) is 36.4 Å². The van der Waals surface area contributed by atoms with E-state index in [0.29, 0.717) is 11.3 Å². The van der Waals surface area contributed by atoms with Crippen LogP contribution in [0.1, 0.15) is 74.4 Å². The summed E-state index contributed by atoms with van der Waals surface area (Å²) >= 11 is 0. The van der Waals surface area contributed by atoms with Gasteiger partial charge in [0.2, 0.25) is 11.8 Å². The molecule has 2 unspecified atom stereocenters. The first kappa shape index (κ1) is 31.3. The van der Waals surface area contributed by atoms with E-state index in [1.807, 2.05) is 64.1 Å². The van der Waals surface area contributed by atoms with Crippen molar-refractivity contribution in [3.8, 4) is 0 Å². The standard InChI is InChI=1S/C30H42N4O5/c1-9-34(28(37)23(16-17-24(31)35)32-29(38)39-30(6,7)8)26(22-15-11-12-18(2)21(22)5)27(36)33-25-19(3)13-10-14-20(25)4/h10-15,23,26H,9,16-17H2,1-8H3,(H2,31,35)(H,32,38)(H,33,36). The number of nitrogens with two attached hydrogens (primary N) is 1. The summed E-state index contributed by atoms with van der Waals surface area (Å²) in [6.45, 7) is 14.7. The summed E-state index contributed by atoms with van der Waals surface area (Å²) in [4.78, 5) is 53.6. The molecule has 0 bridgehead atoms. The van der Waals surface area contributed by atoms with Crippen molar-refractivity contribution in [2.24, 2.45) is 5.73 Å². The molecule has 9 nitrogen and oxygen atoms in total. The number of carbonyl (C=O) groups excluding carboxylic acids is 4. The lowest BCUT2D eigenvalue weighted by Crippen LogP contribution is -2.52. The Morgan fingerprint density at radius 2 is 1.51 bits per heavy atom. The van der Waals surface area contributed by atoms with Crippen LogP contribution < -0.4 is 16.4 Å². The highest BCUT2D eigenvalue weighted by Gasteiger charge is 2.36. The van der Waals surface area contributed by atoms with Gasteiger partial charge in [0.05, 0.1) is 0 Å². The Morgan fingerprint density at radius 1 is 0.949 bits per heavy atom. The van der Waals surface area contributed by atoms with Crippen molar-refractivity contribution in [2.75, 3.05) is 11.9 Å². The lowest BCUT2D eigenvalue weighted by atomic mass is 9.94. The van der Waals surface area contributed by atoms with Gasteiger partial charge in [0.25, 0.3) is 5.91 Å². The first-order chi connectivity index (χ1) is 18.2. The summed E-state index contributed by atoms with van der Waals surface area (Å²) in [5.74, 6) is -1.52. The molecular formula is C30H42N4O5. The molecule has 39 heavy (non-hydrogen) atoms. The zero-order valence-electron chi connectivity index (χ0n) is 24.3. The first-order valence-electron chi connectivity index (χ1n) is 13.2. The Balaban J connectivity index is 2.56. The van der Waals surface area contributed by atoms with Crippen LogP contribution in [-0.2, 0) is 19.1 Å². The number of carbonyl (C=O) groups is 4. The molecule has 2 atom stereocenters. The monoisotopic (exact) mass is 538 g/mol. The summed E-state index contributed by atoms with van der Waals surface area (Å²) < 4.78 is 5.36. The number of benzene rings is 2. The predicted octanol–water partition coefficient (Wildman–Crippen LogP) is 4.61. The van der Waals surface area contributed by atoms with Gasteiger partial charge in [-0.2, -0.15) is 0 Å². The summed E-state index contributed by atoms with van der Waals surface area (Å²) in [6.07, 6.45) is -0.973. The molecule has 4 amide bonds. The van der Waals surface area contributed by atoms with Gasteiger partial charge in [0.1, 0.15) is 17.7 Å². The number of rotatable bonds is 10. The van der Waals surface area contributed by atoms with Gasteiger partial charge in [-0.05, 0) is 89.6 Å². The largest absolute Gasteiger partial charge is 0.444 e. The number of nitrogens with zero attached hydrogens (tertiary/aromatic N) is 1.